The molecule has 0 aliphatic carbocycles. The number of nitrogens with one attached hydrogen (secondary N) is 1. The number of piperidine rings is 1. The largest absolute Gasteiger partial charge is 0.493 e. The third kappa shape index (κ3) is 5.13. The first-order valence-corrected chi connectivity index (χ1v) is 10.7. The van der Waals surface area contributed by atoms with Gasteiger partial charge in [0.1, 0.15) is 17.3 Å². The molecule has 1 saturated heterocycles. The van der Waals surface area contributed by atoms with Gasteiger partial charge in [-0.05, 0) is 62.1 Å². The Labute approximate surface area is 189 Å². The van der Waals surface area contributed by atoms with Gasteiger partial charge in [-0.15, -0.1) is 0 Å². The van der Waals surface area contributed by atoms with E-state index in [0.717, 1.165) is 37.8 Å². The van der Waals surface area contributed by atoms with E-state index < -0.39 is 17.8 Å². The third-order valence-corrected chi connectivity index (χ3v) is 5.99. The summed E-state index contributed by atoms with van der Waals surface area (Å²) in [5.74, 6) is 0.175. The summed E-state index contributed by atoms with van der Waals surface area (Å²) >= 11 is 0. The van der Waals surface area contributed by atoms with Gasteiger partial charge < -0.3 is 19.7 Å². The van der Waals surface area contributed by atoms with Gasteiger partial charge in [0.25, 0.3) is 0 Å². The molecule has 1 fully saturated rings. The smallest absolute Gasteiger partial charge is 0.432 e. The van der Waals surface area contributed by atoms with Crippen molar-refractivity contribution >= 4 is 11.7 Å². The molecule has 0 amide bonds. The van der Waals surface area contributed by atoms with E-state index in [-0.39, 0.29) is 11.4 Å². The fraction of sp³-hybridized carbons (Fsp3) is 0.333. The summed E-state index contributed by atoms with van der Waals surface area (Å²) in [5.41, 5.74) is 1.61. The number of anilines is 1. The van der Waals surface area contributed by atoms with Crippen molar-refractivity contribution in [1.29, 1.82) is 0 Å². The van der Waals surface area contributed by atoms with E-state index >= 15 is 0 Å². The summed E-state index contributed by atoms with van der Waals surface area (Å²) in [4.78, 5) is 19.7. The van der Waals surface area contributed by atoms with E-state index in [9.17, 15) is 23.1 Å². The minimum absolute atomic E-state index is 0.187. The number of H-pyrrole nitrogens is 1. The zero-order chi connectivity index (χ0) is 23.6. The molecule has 0 spiro atoms. The standard InChI is InChI=1S/C24H24F3N3O3/c1-15-19(23(31)32)3-2-4-20(15)33-14-16-9-11-30(12-10-16)18-7-5-17(6-8-18)22-28-13-21(29-22)24(25,26)27/h2-8,13,16H,9-12,14H2,1H3,(H,28,29)(H,31,32). The zero-order valence-electron chi connectivity index (χ0n) is 18.0. The zero-order valence-corrected chi connectivity index (χ0v) is 18.0. The lowest BCUT2D eigenvalue weighted by molar-refractivity contribution is -0.140. The van der Waals surface area contributed by atoms with Gasteiger partial charge in [0.2, 0.25) is 0 Å². The van der Waals surface area contributed by atoms with Crippen molar-refractivity contribution in [2.75, 3.05) is 24.6 Å². The predicted molar refractivity (Wildman–Crippen MR) is 118 cm³/mol. The van der Waals surface area contributed by atoms with Crippen molar-refractivity contribution < 1.29 is 27.8 Å². The molecule has 174 valence electrons. The number of rotatable bonds is 6. The quantitative estimate of drug-likeness (QED) is 0.516. The van der Waals surface area contributed by atoms with Crippen molar-refractivity contribution in [2.24, 2.45) is 5.92 Å². The molecule has 0 atom stereocenters. The van der Waals surface area contributed by atoms with Crippen LogP contribution in [-0.4, -0.2) is 40.7 Å². The number of imidazole rings is 1. The maximum atomic E-state index is 12.8. The van der Waals surface area contributed by atoms with Gasteiger partial charge in [0.05, 0.1) is 18.4 Å². The highest BCUT2D eigenvalue weighted by molar-refractivity contribution is 5.90. The van der Waals surface area contributed by atoms with Gasteiger partial charge in [-0.3, -0.25) is 0 Å². The van der Waals surface area contributed by atoms with Crippen LogP contribution in [0.25, 0.3) is 11.4 Å². The van der Waals surface area contributed by atoms with E-state index in [2.05, 4.69) is 14.9 Å². The molecule has 0 saturated carbocycles. The molecular formula is C24H24F3N3O3. The molecule has 0 unspecified atom stereocenters. The first-order valence-electron chi connectivity index (χ1n) is 10.7. The lowest BCUT2D eigenvalue weighted by Gasteiger charge is -2.33. The van der Waals surface area contributed by atoms with Gasteiger partial charge in [0.15, 0.2) is 0 Å². The average molecular weight is 459 g/mol. The van der Waals surface area contributed by atoms with Crippen LogP contribution in [0.4, 0.5) is 18.9 Å². The minimum Gasteiger partial charge on any atom is -0.493 e. The van der Waals surface area contributed by atoms with Crippen molar-refractivity contribution in [1.82, 2.24) is 9.97 Å². The number of carboxylic acid groups (broad SMARTS) is 1. The second-order valence-electron chi connectivity index (χ2n) is 8.17. The SMILES string of the molecule is Cc1c(OCC2CCN(c3ccc(-c4ncc(C(F)(F)F)[nH]4)cc3)CC2)cccc1C(=O)O. The highest BCUT2D eigenvalue weighted by Crippen LogP contribution is 2.31. The molecule has 0 radical (unpaired) electrons. The van der Waals surface area contributed by atoms with Crippen LogP contribution in [0, 0.1) is 12.8 Å². The van der Waals surface area contributed by atoms with Crippen LogP contribution in [-0.2, 0) is 6.18 Å². The van der Waals surface area contributed by atoms with Gasteiger partial charge in [0, 0.05) is 29.9 Å². The van der Waals surface area contributed by atoms with E-state index in [1.807, 2.05) is 12.1 Å². The van der Waals surface area contributed by atoms with Gasteiger partial charge in [-0.2, -0.15) is 13.2 Å². The van der Waals surface area contributed by atoms with Crippen LogP contribution in [0.15, 0.2) is 48.7 Å². The molecule has 1 aliphatic rings. The van der Waals surface area contributed by atoms with Crippen LogP contribution in [0.2, 0.25) is 0 Å². The minimum atomic E-state index is -4.45. The third-order valence-electron chi connectivity index (χ3n) is 5.99. The molecule has 9 heteroatoms. The molecule has 0 bridgehead atoms. The first-order chi connectivity index (χ1) is 15.7. The number of aromatic nitrogens is 2. The summed E-state index contributed by atoms with van der Waals surface area (Å²) in [5, 5.41) is 9.25. The van der Waals surface area contributed by atoms with E-state index in [1.165, 1.54) is 0 Å². The molecule has 3 aromatic rings. The summed E-state index contributed by atoms with van der Waals surface area (Å²) in [6.45, 7) is 3.94. The summed E-state index contributed by atoms with van der Waals surface area (Å²) in [6.07, 6.45) is -1.80. The number of aromatic amines is 1. The van der Waals surface area contributed by atoms with Crippen LogP contribution < -0.4 is 9.64 Å². The number of carboxylic acids is 1. The van der Waals surface area contributed by atoms with Crippen LogP contribution >= 0.6 is 0 Å². The van der Waals surface area contributed by atoms with Gasteiger partial charge in [-0.25, -0.2) is 9.78 Å². The highest BCUT2D eigenvalue weighted by atomic mass is 19.4. The van der Waals surface area contributed by atoms with Crippen LogP contribution in [0.3, 0.4) is 0 Å². The Bertz CT molecular complexity index is 1120. The van der Waals surface area contributed by atoms with Crippen molar-refractivity contribution in [2.45, 2.75) is 25.9 Å². The number of benzene rings is 2. The average Bonchev–Trinajstić information content (AvgIpc) is 3.30. The molecule has 1 aliphatic heterocycles. The maximum absolute atomic E-state index is 12.8. The monoisotopic (exact) mass is 459 g/mol. The van der Waals surface area contributed by atoms with Crippen molar-refractivity contribution in [3.05, 3.63) is 65.5 Å². The number of hydrogen-bond acceptors (Lipinski definition) is 4. The van der Waals surface area contributed by atoms with Crippen molar-refractivity contribution in [3.8, 4) is 17.1 Å². The van der Waals surface area contributed by atoms with Crippen LogP contribution in [0.5, 0.6) is 5.75 Å². The van der Waals surface area contributed by atoms with E-state index in [4.69, 9.17) is 4.74 Å². The Kier molecular flexibility index (Phi) is 6.31. The molecular weight excluding hydrogens is 435 g/mol. The number of aromatic carboxylic acids is 1. The second kappa shape index (κ2) is 9.17. The Morgan fingerprint density at radius 3 is 2.48 bits per heavy atom. The van der Waals surface area contributed by atoms with Gasteiger partial charge in [-0.1, -0.05) is 6.07 Å². The Balaban J connectivity index is 1.32. The van der Waals surface area contributed by atoms with E-state index in [1.54, 1.807) is 37.3 Å². The Morgan fingerprint density at radius 2 is 1.88 bits per heavy atom. The summed E-state index contributed by atoms with van der Waals surface area (Å²) in [7, 11) is 0. The Morgan fingerprint density at radius 1 is 1.18 bits per heavy atom. The number of carbonyl (C=O) groups is 1. The predicted octanol–water partition coefficient (Wildman–Crippen LogP) is 5.40. The number of halogens is 3. The molecule has 2 heterocycles. The number of ether oxygens (including phenoxy) is 1. The molecule has 33 heavy (non-hydrogen) atoms. The van der Waals surface area contributed by atoms with Crippen molar-refractivity contribution in [3.63, 3.8) is 0 Å². The fourth-order valence-corrected chi connectivity index (χ4v) is 4.01. The summed E-state index contributed by atoms with van der Waals surface area (Å²) < 4.78 is 44.2. The second-order valence-corrected chi connectivity index (χ2v) is 8.17. The Hall–Kier alpha value is -3.49. The van der Waals surface area contributed by atoms with E-state index in [0.29, 0.717) is 29.4 Å². The topological polar surface area (TPSA) is 78.5 Å². The molecule has 4 rings (SSSR count). The fourth-order valence-electron chi connectivity index (χ4n) is 4.01. The molecule has 6 nitrogen and oxygen atoms in total. The van der Waals surface area contributed by atoms with Gasteiger partial charge >= 0.3 is 12.1 Å². The number of hydrogen-bond donors (Lipinski definition) is 2. The molecule has 2 aromatic carbocycles. The maximum Gasteiger partial charge on any atom is 0.432 e. The molecule has 2 N–H and O–H groups in total. The van der Waals surface area contributed by atoms with Crippen LogP contribution in [0.1, 0.15) is 34.5 Å². The number of alkyl halides is 3. The lowest BCUT2D eigenvalue weighted by Crippen LogP contribution is -2.35. The number of nitrogens with zero attached hydrogens (tertiary/aromatic N) is 2. The summed E-state index contributed by atoms with van der Waals surface area (Å²) in [6, 6.07) is 12.4. The first kappa shape index (κ1) is 22.7. The normalized spacial score (nSPS) is 15.0. The lowest BCUT2D eigenvalue weighted by atomic mass is 9.97. The molecule has 1 aromatic heterocycles. The highest BCUT2D eigenvalue weighted by Gasteiger charge is 2.33.